The van der Waals surface area contributed by atoms with E-state index in [9.17, 15) is 0 Å². The highest BCUT2D eigenvalue weighted by Gasteiger charge is 2.10. The third kappa shape index (κ3) is 1.78. The molecule has 2 aromatic rings. The van der Waals surface area contributed by atoms with Crippen molar-refractivity contribution in [2.45, 2.75) is 19.9 Å². The SMILES string of the molecule is CCc1c(N)nnn1Cc1nnn(C)n1. The topological polar surface area (TPSA) is 100 Å². The van der Waals surface area contributed by atoms with Gasteiger partial charge < -0.3 is 5.73 Å². The number of aromatic nitrogens is 7. The number of nitrogens with two attached hydrogens (primary N) is 1. The van der Waals surface area contributed by atoms with Crippen molar-refractivity contribution in [1.82, 2.24) is 35.2 Å². The average Bonchev–Trinajstić information content (AvgIpc) is 2.75. The van der Waals surface area contributed by atoms with Crippen LogP contribution in [0.5, 0.6) is 0 Å². The normalized spacial score (nSPS) is 10.8. The minimum atomic E-state index is 0.446. The number of rotatable bonds is 3. The summed E-state index contributed by atoms with van der Waals surface area (Å²) in [5, 5.41) is 19.4. The lowest BCUT2D eigenvalue weighted by atomic mass is 10.3. The van der Waals surface area contributed by atoms with Gasteiger partial charge in [-0.05, 0) is 11.6 Å². The molecular formula is C7H12N8. The van der Waals surface area contributed by atoms with E-state index < -0.39 is 0 Å². The fraction of sp³-hybridized carbons (Fsp3) is 0.571. The Morgan fingerprint density at radius 2 is 2.07 bits per heavy atom. The molecule has 0 saturated carbocycles. The molecule has 2 N–H and O–H groups in total. The molecule has 0 unspecified atom stereocenters. The summed E-state index contributed by atoms with van der Waals surface area (Å²) in [6.45, 7) is 2.44. The maximum atomic E-state index is 5.65. The van der Waals surface area contributed by atoms with Crippen molar-refractivity contribution in [3.8, 4) is 0 Å². The van der Waals surface area contributed by atoms with E-state index >= 15 is 0 Å². The Balaban J connectivity index is 2.24. The van der Waals surface area contributed by atoms with E-state index in [-0.39, 0.29) is 0 Å². The van der Waals surface area contributed by atoms with Crippen LogP contribution < -0.4 is 5.73 Å². The third-order valence-electron chi connectivity index (χ3n) is 2.04. The van der Waals surface area contributed by atoms with E-state index in [0.29, 0.717) is 18.2 Å². The Hall–Kier alpha value is -1.99. The second-order valence-electron chi connectivity index (χ2n) is 3.13. The van der Waals surface area contributed by atoms with Crippen molar-refractivity contribution in [3.05, 3.63) is 11.5 Å². The first kappa shape index (κ1) is 9.56. The predicted molar refractivity (Wildman–Crippen MR) is 51.7 cm³/mol. The summed E-state index contributed by atoms with van der Waals surface area (Å²) >= 11 is 0. The highest BCUT2D eigenvalue weighted by Crippen LogP contribution is 2.08. The fourth-order valence-corrected chi connectivity index (χ4v) is 1.36. The molecule has 0 saturated heterocycles. The first-order chi connectivity index (χ1) is 7.20. The average molecular weight is 208 g/mol. The van der Waals surface area contributed by atoms with Crippen LogP contribution in [0.4, 0.5) is 5.82 Å². The van der Waals surface area contributed by atoms with Gasteiger partial charge in [0.05, 0.1) is 12.7 Å². The van der Waals surface area contributed by atoms with Crippen LogP contribution in [0, 0.1) is 0 Å². The van der Waals surface area contributed by atoms with Gasteiger partial charge in [0.1, 0.15) is 6.54 Å². The first-order valence-corrected chi connectivity index (χ1v) is 4.61. The highest BCUT2D eigenvalue weighted by molar-refractivity contribution is 5.32. The number of hydrogen-bond donors (Lipinski definition) is 1. The number of aryl methyl sites for hydroxylation is 1. The van der Waals surface area contributed by atoms with Gasteiger partial charge in [0.2, 0.25) is 0 Å². The van der Waals surface area contributed by atoms with Crippen molar-refractivity contribution in [1.29, 1.82) is 0 Å². The van der Waals surface area contributed by atoms with E-state index in [1.165, 1.54) is 4.80 Å². The van der Waals surface area contributed by atoms with E-state index in [1.807, 2.05) is 6.92 Å². The summed E-state index contributed by atoms with van der Waals surface area (Å²) in [6, 6.07) is 0. The van der Waals surface area contributed by atoms with Gasteiger partial charge in [-0.15, -0.1) is 15.3 Å². The van der Waals surface area contributed by atoms with Crippen LogP contribution in [0.3, 0.4) is 0 Å². The molecule has 15 heavy (non-hydrogen) atoms. The van der Waals surface area contributed by atoms with Crippen LogP contribution in [-0.4, -0.2) is 35.2 Å². The minimum Gasteiger partial charge on any atom is -0.381 e. The standard InChI is InChI=1S/C7H12N8/c1-3-5-7(8)10-13-15(5)4-6-9-12-14(2)11-6/h3-4,8H2,1-2H3. The second-order valence-corrected chi connectivity index (χ2v) is 3.13. The van der Waals surface area contributed by atoms with Gasteiger partial charge in [-0.25, -0.2) is 4.68 Å². The smallest absolute Gasteiger partial charge is 0.196 e. The zero-order chi connectivity index (χ0) is 10.8. The zero-order valence-electron chi connectivity index (χ0n) is 8.62. The molecule has 0 aromatic carbocycles. The Labute approximate surface area is 86.1 Å². The molecule has 80 valence electrons. The van der Waals surface area contributed by atoms with Crippen molar-refractivity contribution >= 4 is 5.82 Å². The van der Waals surface area contributed by atoms with Gasteiger partial charge in [0.15, 0.2) is 11.6 Å². The summed E-state index contributed by atoms with van der Waals surface area (Å²) in [4.78, 5) is 1.40. The van der Waals surface area contributed by atoms with Gasteiger partial charge >= 0.3 is 0 Å². The number of hydrogen-bond acceptors (Lipinski definition) is 6. The van der Waals surface area contributed by atoms with Gasteiger partial charge in [-0.3, -0.25) is 0 Å². The summed E-state index contributed by atoms with van der Waals surface area (Å²) in [5.41, 5.74) is 6.55. The van der Waals surface area contributed by atoms with E-state index in [2.05, 4.69) is 25.7 Å². The van der Waals surface area contributed by atoms with Crippen LogP contribution in [0.25, 0.3) is 0 Å². The lowest BCUT2D eigenvalue weighted by Gasteiger charge is -2.00. The van der Waals surface area contributed by atoms with E-state index in [4.69, 9.17) is 5.73 Å². The number of tetrazole rings is 1. The van der Waals surface area contributed by atoms with Gasteiger partial charge in [-0.1, -0.05) is 12.1 Å². The monoisotopic (exact) mass is 208 g/mol. The Morgan fingerprint density at radius 1 is 1.27 bits per heavy atom. The molecule has 0 aliphatic rings. The molecule has 0 spiro atoms. The maximum Gasteiger partial charge on any atom is 0.196 e. The lowest BCUT2D eigenvalue weighted by Crippen LogP contribution is -2.08. The van der Waals surface area contributed by atoms with Crippen LogP contribution in [0.1, 0.15) is 18.4 Å². The minimum absolute atomic E-state index is 0.446. The molecule has 0 radical (unpaired) electrons. The van der Waals surface area contributed by atoms with Crippen LogP contribution in [0.2, 0.25) is 0 Å². The summed E-state index contributed by atoms with van der Waals surface area (Å²) in [7, 11) is 1.72. The van der Waals surface area contributed by atoms with E-state index in [0.717, 1.165) is 12.1 Å². The number of nitrogen functional groups attached to an aromatic ring is 1. The van der Waals surface area contributed by atoms with Gasteiger partial charge in [0.25, 0.3) is 0 Å². The summed E-state index contributed by atoms with van der Waals surface area (Å²) in [6.07, 6.45) is 0.777. The lowest BCUT2D eigenvalue weighted by molar-refractivity contribution is 0.591. The molecule has 8 nitrogen and oxygen atoms in total. The van der Waals surface area contributed by atoms with Gasteiger partial charge in [-0.2, -0.15) is 4.80 Å². The van der Waals surface area contributed by atoms with Crippen molar-refractivity contribution in [2.24, 2.45) is 7.05 Å². The van der Waals surface area contributed by atoms with Gasteiger partial charge in [0, 0.05) is 0 Å². The first-order valence-electron chi connectivity index (χ1n) is 4.61. The van der Waals surface area contributed by atoms with Crippen molar-refractivity contribution in [3.63, 3.8) is 0 Å². The molecule has 2 rings (SSSR count). The van der Waals surface area contributed by atoms with Crippen molar-refractivity contribution in [2.75, 3.05) is 5.73 Å². The molecule has 0 bridgehead atoms. The second kappa shape index (κ2) is 3.64. The summed E-state index contributed by atoms with van der Waals surface area (Å²) in [5.74, 6) is 1.05. The van der Waals surface area contributed by atoms with Crippen LogP contribution in [-0.2, 0) is 20.0 Å². The molecular weight excluding hydrogens is 196 g/mol. The van der Waals surface area contributed by atoms with Crippen LogP contribution in [0.15, 0.2) is 0 Å². The Morgan fingerprint density at radius 3 is 2.67 bits per heavy atom. The molecule has 0 aliphatic heterocycles. The highest BCUT2D eigenvalue weighted by atomic mass is 15.6. The summed E-state index contributed by atoms with van der Waals surface area (Å²) < 4.78 is 1.69. The zero-order valence-corrected chi connectivity index (χ0v) is 8.62. The number of anilines is 1. The van der Waals surface area contributed by atoms with Crippen molar-refractivity contribution < 1.29 is 0 Å². The molecule has 8 heteroatoms. The number of nitrogens with zero attached hydrogens (tertiary/aromatic N) is 7. The molecule has 0 atom stereocenters. The molecule has 2 heterocycles. The Kier molecular flexibility index (Phi) is 2.32. The molecule has 2 aromatic heterocycles. The van der Waals surface area contributed by atoms with Crippen LogP contribution >= 0.6 is 0 Å². The maximum absolute atomic E-state index is 5.65. The largest absolute Gasteiger partial charge is 0.381 e. The molecule has 0 fully saturated rings. The molecule has 0 amide bonds. The molecule has 0 aliphatic carbocycles. The fourth-order valence-electron chi connectivity index (χ4n) is 1.36. The third-order valence-corrected chi connectivity index (χ3v) is 2.04. The Bertz CT molecular complexity index is 455. The predicted octanol–water partition coefficient (Wildman–Crippen LogP) is -1.01. The van der Waals surface area contributed by atoms with E-state index in [1.54, 1.807) is 11.7 Å². The quantitative estimate of drug-likeness (QED) is 0.694.